The fourth-order valence-electron chi connectivity index (χ4n) is 5.21. The molecule has 0 bridgehead atoms. The Hall–Kier alpha value is -4.76. The Morgan fingerprint density at radius 2 is 1.38 bits per heavy atom. The third kappa shape index (κ3) is 4.05. The summed E-state index contributed by atoms with van der Waals surface area (Å²) in [6.07, 6.45) is 9.60. The summed E-state index contributed by atoms with van der Waals surface area (Å²) in [5.41, 5.74) is 8.77. The second kappa shape index (κ2) is 9.03. The normalized spacial score (nSPS) is 15.0. The van der Waals surface area contributed by atoms with E-state index in [1.165, 1.54) is 16.3 Å². The molecule has 176 valence electrons. The Bertz CT molecular complexity index is 1810. The first-order valence-electron chi connectivity index (χ1n) is 12.7. The molecule has 2 aromatic heterocycles. The summed E-state index contributed by atoms with van der Waals surface area (Å²) in [7, 11) is 0. The molecule has 1 aliphatic carbocycles. The van der Waals surface area contributed by atoms with Gasteiger partial charge in [-0.3, -0.25) is 0 Å². The summed E-state index contributed by atoms with van der Waals surface area (Å²) in [4.78, 5) is 13.6. The van der Waals surface area contributed by atoms with E-state index < -0.39 is 0 Å². The van der Waals surface area contributed by atoms with Gasteiger partial charge in [0.1, 0.15) is 0 Å². The minimum Gasteiger partial charge on any atom is -0.355 e. The van der Waals surface area contributed by atoms with Crippen molar-refractivity contribution in [2.45, 2.75) is 12.3 Å². The van der Waals surface area contributed by atoms with Crippen molar-refractivity contribution >= 4 is 21.8 Å². The molecule has 1 aliphatic rings. The number of rotatable bonds is 4. The number of allylic oxidation sites excluding steroid dienone is 4. The van der Waals surface area contributed by atoms with Crippen molar-refractivity contribution in [1.82, 2.24) is 15.0 Å². The first-order chi connectivity index (χ1) is 18.3. The second-order valence-electron chi connectivity index (χ2n) is 9.53. The van der Waals surface area contributed by atoms with Gasteiger partial charge in [-0.15, -0.1) is 0 Å². The predicted molar refractivity (Wildman–Crippen MR) is 153 cm³/mol. The van der Waals surface area contributed by atoms with Gasteiger partial charge in [-0.2, -0.15) is 0 Å². The average Bonchev–Trinajstić information content (AvgIpc) is 3.36. The van der Waals surface area contributed by atoms with Crippen LogP contribution in [0.2, 0.25) is 0 Å². The van der Waals surface area contributed by atoms with Gasteiger partial charge in [0, 0.05) is 38.9 Å². The summed E-state index contributed by atoms with van der Waals surface area (Å²) in [5.74, 6) is 1.01. The highest BCUT2D eigenvalue weighted by atomic mass is 14.9. The van der Waals surface area contributed by atoms with E-state index in [0.717, 1.165) is 51.4 Å². The third-order valence-corrected chi connectivity index (χ3v) is 7.14. The summed E-state index contributed by atoms with van der Waals surface area (Å²) in [6, 6.07) is 36.2. The molecule has 7 rings (SSSR count). The maximum Gasteiger partial charge on any atom is 0.160 e. The van der Waals surface area contributed by atoms with E-state index >= 15 is 0 Å². The van der Waals surface area contributed by atoms with Crippen molar-refractivity contribution in [1.29, 1.82) is 0 Å². The molecule has 3 heteroatoms. The monoisotopic (exact) mass is 475 g/mol. The zero-order valence-electron chi connectivity index (χ0n) is 20.3. The smallest absolute Gasteiger partial charge is 0.160 e. The van der Waals surface area contributed by atoms with Gasteiger partial charge < -0.3 is 4.98 Å². The van der Waals surface area contributed by atoms with Crippen molar-refractivity contribution in [3.63, 3.8) is 0 Å². The Morgan fingerprint density at radius 1 is 0.595 bits per heavy atom. The highest BCUT2D eigenvalue weighted by Gasteiger charge is 2.16. The molecule has 3 nitrogen and oxygen atoms in total. The second-order valence-corrected chi connectivity index (χ2v) is 9.53. The number of fused-ring (bicyclic) bond motifs is 3. The molecular weight excluding hydrogens is 450 g/mol. The SMILES string of the molecule is C1=CCC(c2cc(-c3ccccc3)nc(-c3cccc(-c4ccc5[nH]c6ccccc6c5c4)c3)n2)C=C1. The molecule has 1 N–H and O–H groups in total. The van der Waals surface area contributed by atoms with Crippen LogP contribution >= 0.6 is 0 Å². The molecule has 0 radical (unpaired) electrons. The average molecular weight is 476 g/mol. The van der Waals surface area contributed by atoms with Crippen LogP contribution in [0.5, 0.6) is 0 Å². The van der Waals surface area contributed by atoms with Crippen LogP contribution in [0.15, 0.2) is 127 Å². The Balaban J connectivity index is 1.34. The zero-order chi connectivity index (χ0) is 24.6. The van der Waals surface area contributed by atoms with Gasteiger partial charge in [0.25, 0.3) is 0 Å². The first kappa shape index (κ1) is 21.5. The van der Waals surface area contributed by atoms with Crippen LogP contribution in [0.3, 0.4) is 0 Å². The maximum absolute atomic E-state index is 5.07. The van der Waals surface area contributed by atoms with Gasteiger partial charge in [-0.05, 0) is 47.9 Å². The van der Waals surface area contributed by atoms with Crippen LogP contribution in [0.25, 0.3) is 55.6 Å². The van der Waals surface area contributed by atoms with Gasteiger partial charge in [-0.1, -0.05) is 97.1 Å². The lowest BCUT2D eigenvalue weighted by molar-refractivity contribution is 0.811. The number of hydrogen-bond acceptors (Lipinski definition) is 2. The van der Waals surface area contributed by atoms with E-state index in [-0.39, 0.29) is 5.92 Å². The van der Waals surface area contributed by atoms with Crippen molar-refractivity contribution in [2.75, 3.05) is 0 Å². The fourth-order valence-corrected chi connectivity index (χ4v) is 5.21. The van der Waals surface area contributed by atoms with Crippen molar-refractivity contribution < 1.29 is 0 Å². The minimum atomic E-state index is 0.252. The van der Waals surface area contributed by atoms with Gasteiger partial charge in [0.05, 0.1) is 11.4 Å². The van der Waals surface area contributed by atoms with Crippen LogP contribution < -0.4 is 0 Å². The molecule has 0 amide bonds. The molecule has 6 aromatic rings. The van der Waals surface area contributed by atoms with Crippen molar-refractivity contribution in [2.24, 2.45) is 0 Å². The van der Waals surface area contributed by atoms with E-state index in [9.17, 15) is 0 Å². The van der Waals surface area contributed by atoms with E-state index in [0.29, 0.717) is 0 Å². The molecular formula is C34H25N3. The van der Waals surface area contributed by atoms with Crippen molar-refractivity contribution in [3.8, 4) is 33.8 Å². The molecule has 0 fully saturated rings. The van der Waals surface area contributed by atoms with Crippen LogP contribution in [0.4, 0.5) is 0 Å². The number of aromatic nitrogens is 3. The first-order valence-corrected chi connectivity index (χ1v) is 12.7. The van der Waals surface area contributed by atoms with E-state index in [4.69, 9.17) is 9.97 Å². The summed E-state index contributed by atoms with van der Waals surface area (Å²) in [5, 5.41) is 2.48. The topological polar surface area (TPSA) is 41.6 Å². The van der Waals surface area contributed by atoms with Gasteiger partial charge in [-0.25, -0.2) is 9.97 Å². The molecule has 0 spiro atoms. The molecule has 0 saturated carbocycles. The number of aromatic amines is 1. The lowest BCUT2D eigenvalue weighted by atomic mass is 9.95. The molecule has 0 saturated heterocycles. The van der Waals surface area contributed by atoms with E-state index in [1.807, 2.05) is 6.07 Å². The summed E-state index contributed by atoms with van der Waals surface area (Å²) >= 11 is 0. The third-order valence-electron chi connectivity index (χ3n) is 7.14. The lowest BCUT2D eigenvalue weighted by Crippen LogP contribution is -2.04. The van der Waals surface area contributed by atoms with E-state index in [2.05, 4.69) is 126 Å². The molecule has 4 aromatic carbocycles. The molecule has 37 heavy (non-hydrogen) atoms. The standard InChI is InChI=1S/C34H25N3/c1-3-10-23(11-4-1)32-22-33(24-12-5-2-6-13-24)37-34(36-32)27-15-9-14-25(20-27)26-18-19-31-29(21-26)28-16-7-8-17-30(28)35-31/h1-12,14-22,24,35H,13H2. The van der Waals surface area contributed by atoms with Crippen molar-refractivity contribution in [3.05, 3.63) is 133 Å². The predicted octanol–water partition coefficient (Wildman–Crippen LogP) is 8.71. The number of nitrogens with one attached hydrogen (secondary N) is 1. The summed E-state index contributed by atoms with van der Waals surface area (Å²) in [6.45, 7) is 0. The number of para-hydroxylation sites is 1. The molecule has 1 atom stereocenters. The van der Waals surface area contributed by atoms with Crippen LogP contribution in [0, 0.1) is 0 Å². The number of benzene rings is 4. The molecule has 0 aliphatic heterocycles. The largest absolute Gasteiger partial charge is 0.355 e. The summed E-state index contributed by atoms with van der Waals surface area (Å²) < 4.78 is 0. The van der Waals surface area contributed by atoms with Crippen LogP contribution in [-0.4, -0.2) is 15.0 Å². The quantitative estimate of drug-likeness (QED) is 0.277. The van der Waals surface area contributed by atoms with Gasteiger partial charge >= 0.3 is 0 Å². The number of H-pyrrole nitrogens is 1. The highest BCUT2D eigenvalue weighted by Crippen LogP contribution is 2.33. The molecule has 1 unspecified atom stereocenters. The van der Waals surface area contributed by atoms with Gasteiger partial charge in [0.15, 0.2) is 5.82 Å². The van der Waals surface area contributed by atoms with Crippen LogP contribution in [0.1, 0.15) is 18.0 Å². The zero-order valence-corrected chi connectivity index (χ0v) is 20.3. The number of nitrogens with zero attached hydrogens (tertiary/aromatic N) is 2. The maximum atomic E-state index is 5.07. The Kier molecular flexibility index (Phi) is 5.25. The van der Waals surface area contributed by atoms with E-state index in [1.54, 1.807) is 0 Å². The lowest BCUT2D eigenvalue weighted by Gasteiger charge is -2.15. The highest BCUT2D eigenvalue weighted by molar-refractivity contribution is 6.08. The van der Waals surface area contributed by atoms with Gasteiger partial charge in [0.2, 0.25) is 0 Å². The minimum absolute atomic E-state index is 0.252. The Labute approximate surface area is 215 Å². The van der Waals surface area contributed by atoms with Crippen LogP contribution in [-0.2, 0) is 0 Å². The Morgan fingerprint density at radius 3 is 2.27 bits per heavy atom. The fraction of sp³-hybridized carbons (Fsp3) is 0.0588. The number of hydrogen-bond donors (Lipinski definition) is 1. The molecule has 2 heterocycles.